The Morgan fingerprint density at radius 3 is 1.25 bits per heavy atom. The zero-order valence-electron chi connectivity index (χ0n) is 22.2. The van der Waals surface area contributed by atoms with Crippen molar-refractivity contribution < 1.29 is 4.74 Å². The van der Waals surface area contributed by atoms with Gasteiger partial charge in [0.25, 0.3) is 0 Å². The minimum absolute atomic E-state index is 0.443. The second-order valence-electron chi connectivity index (χ2n) is 10.2. The van der Waals surface area contributed by atoms with E-state index in [1.54, 1.807) is 5.57 Å². The summed E-state index contributed by atoms with van der Waals surface area (Å²) >= 11 is 0. The van der Waals surface area contributed by atoms with Gasteiger partial charge in [-0.15, -0.1) is 0 Å². The minimum Gasteiger partial charge on any atom is -0.466 e. The summed E-state index contributed by atoms with van der Waals surface area (Å²) < 4.78 is 6.62. The molecule has 0 radical (unpaired) electrons. The van der Waals surface area contributed by atoms with Crippen LogP contribution < -0.4 is 0 Å². The molecule has 1 heteroatoms. The van der Waals surface area contributed by atoms with Crippen molar-refractivity contribution in [3.63, 3.8) is 0 Å². The number of hydrogen-bond donors (Lipinski definition) is 0. The highest BCUT2D eigenvalue weighted by Crippen LogP contribution is 2.43. The average molecular weight is 395 g/mol. The molecule has 0 N–H and O–H groups in total. The molecule has 1 aliphatic heterocycles. The van der Waals surface area contributed by atoms with E-state index in [4.69, 9.17) is 4.74 Å². The maximum atomic E-state index is 6.62. The lowest BCUT2D eigenvalue weighted by Gasteiger charge is -2.29. The first-order valence-corrected chi connectivity index (χ1v) is 12.0. The SMILES string of the molecule is CC.CC(C)C.CC(C)C1=C(C(C)C)OC(C(C)C)=C(C(C)C)C(C(C)C)C1. The summed E-state index contributed by atoms with van der Waals surface area (Å²) in [5, 5.41) is 0. The minimum atomic E-state index is 0.443. The highest BCUT2D eigenvalue weighted by molar-refractivity contribution is 5.27. The van der Waals surface area contributed by atoms with Crippen molar-refractivity contribution in [1.82, 2.24) is 0 Å². The molecule has 0 aromatic rings. The van der Waals surface area contributed by atoms with Gasteiger partial charge in [-0.3, -0.25) is 0 Å². The molecule has 1 heterocycles. The fourth-order valence-electron chi connectivity index (χ4n) is 3.64. The molecule has 168 valence electrons. The first-order chi connectivity index (χ1) is 12.8. The number of rotatable bonds is 5. The molecule has 0 aromatic carbocycles. The quantitative estimate of drug-likeness (QED) is 0.451. The Balaban J connectivity index is 0. The molecule has 0 aromatic heterocycles. The second-order valence-corrected chi connectivity index (χ2v) is 10.2. The molecule has 1 aliphatic rings. The molecule has 28 heavy (non-hydrogen) atoms. The van der Waals surface area contributed by atoms with Crippen LogP contribution in [0.1, 0.15) is 110 Å². The van der Waals surface area contributed by atoms with Crippen molar-refractivity contribution >= 4 is 0 Å². The van der Waals surface area contributed by atoms with Crippen LogP contribution in [-0.2, 0) is 4.74 Å². The van der Waals surface area contributed by atoms with Gasteiger partial charge in [-0.2, -0.15) is 0 Å². The van der Waals surface area contributed by atoms with Gasteiger partial charge in [-0.05, 0) is 47.2 Å². The summed E-state index contributed by atoms with van der Waals surface area (Å²) in [5.74, 6) is 6.56. The molecule has 0 saturated carbocycles. The maximum Gasteiger partial charge on any atom is 0.106 e. The van der Waals surface area contributed by atoms with Crippen molar-refractivity contribution in [3.05, 3.63) is 22.7 Å². The van der Waals surface area contributed by atoms with Gasteiger partial charge in [0.1, 0.15) is 11.5 Å². The van der Waals surface area contributed by atoms with Crippen molar-refractivity contribution in [3.8, 4) is 0 Å². The van der Waals surface area contributed by atoms with Crippen molar-refractivity contribution in [2.24, 2.45) is 41.4 Å². The summed E-state index contributed by atoms with van der Waals surface area (Å²) in [4.78, 5) is 0. The van der Waals surface area contributed by atoms with Crippen molar-refractivity contribution in [1.29, 1.82) is 0 Å². The van der Waals surface area contributed by atoms with Gasteiger partial charge in [0.05, 0.1) is 0 Å². The van der Waals surface area contributed by atoms with Crippen LogP contribution in [0.2, 0.25) is 0 Å². The standard InChI is InChI=1S/C21H38O.C4H10.C2H6/c1-12(2)17-11-18(13(3)4)20(15(7)8)22-21(16(9)10)19(17)14(5)6;1-4(2)3;1-2/h12-17H,11H2,1-10H3;4H,1-3H3;1-2H3. The molecule has 0 saturated heterocycles. The van der Waals surface area contributed by atoms with E-state index in [9.17, 15) is 0 Å². The fraction of sp³-hybridized carbons (Fsp3) is 0.852. The highest BCUT2D eigenvalue weighted by atomic mass is 16.5. The number of allylic oxidation sites excluding steroid dienone is 4. The molecule has 0 bridgehead atoms. The van der Waals surface area contributed by atoms with E-state index >= 15 is 0 Å². The van der Waals surface area contributed by atoms with Crippen LogP contribution in [0.5, 0.6) is 0 Å². The van der Waals surface area contributed by atoms with Gasteiger partial charge in [0.2, 0.25) is 0 Å². The Morgan fingerprint density at radius 2 is 1.00 bits per heavy atom. The van der Waals surface area contributed by atoms with Gasteiger partial charge < -0.3 is 4.74 Å². The predicted molar refractivity (Wildman–Crippen MR) is 129 cm³/mol. The van der Waals surface area contributed by atoms with Crippen molar-refractivity contribution in [2.75, 3.05) is 0 Å². The van der Waals surface area contributed by atoms with Gasteiger partial charge in [0.15, 0.2) is 0 Å². The third-order valence-corrected chi connectivity index (χ3v) is 4.83. The Morgan fingerprint density at radius 1 is 0.607 bits per heavy atom. The van der Waals surface area contributed by atoms with Gasteiger partial charge >= 0.3 is 0 Å². The van der Waals surface area contributed by atoms with E-state index in [0.29, 0.717) is 35.5 Å². The van der Waals surface area contributed by atoms with E-state index in [-0.39, 0.29) is 0 Å². The summed E-state index contributed by atoms with van der Waals surface area (Å²) in [6, 6.07) is 0. The first kappa shape index (κ1) is 29.5. The predicted octanol–water partition coefficient (Wildman–Crippen LogP) is 9.50. The third kappa shape index (κ3) is 9.66. The van der Waals surface area contributed by atoms with E-state index in [1.807, 2.05) is 13.8 Å². The van der Waals surface area contributed by atoms with Crippen LogP contribution in [0.15, 0.2) is 22.7 Å². The van der Waals surface area contributed by atoms with Crippen LogP contribution in [0.25, 0.3) is 0 Å². The molecule has 0 aliphatic carbocycles. The highest BCUT2D eigenvalue weighted by Gasteiger charge is 2.33. The smallest absolute Gasteiger partial charge is 0.106 e. The summed E-state index contributed by atoms with van der Waals surface area (Å²) in [5.41, 5.74) is 3.08. The molecule has 1 rings (SSSR count). The second kappa shape index (κ2) is 14.3. The maximum absolute atomic E-state index is 6.62. The van der Waals surface area contributed by atoms with Crippen LogP contribution in [0.4, 0.5) is 0 Å². The lowest BCUT2D eigenvalue weighted by Crippen LogP contribution is -2.19. The summed E-state index contributed by atoms with van der Waals surface area (Å²) in [6.07, 6.45) is 1.16. The van der Waals surface area contributed by atoms with Gasteiger partial charge in [-0.1, -0.05) is 104 Å². The summed E-state index contributed by atoms with van der Waals surface area (Å²) in [7, 11) is 0. The Labute approximate surface area is 179 Å². The lowest BCUT2D eigenvalue weighted by molar-refractivity contribution is 0.221. The monoisotopic (exact) mass is 394 g/mol. The largest absolute Gasteiger partial charge is 0.466 e. The molecule has 1 atom stereocenters. The van der Waals surface area contributed by atoms with E-state index in [2.05, 4.69) is 90.0 Å². The van der Waals surface area contributed by atoms with Crippen molar-refractivity contribution in [2.45, 2.75) is 110 Å². The van der Waals surface area contributed by atoms with Gasteiger partial charge in [0, 0.05) is 11.8 Å². The molecule has 1 unspecified atom stereocenters. The molecule has 0 fully saturated rings. The Kier molecular flexibility index (Phi) is 15.0. The Bertz CT molecular complexity index is 470. The van der Waals surface area contributed by atoms with E-state index in [1.165, 1.54) is 17.1 Å². The van der Waals surface area contributed by atoms with Crippen LogP contribution in [0, 0.1) is 41.4 Å². The first-order valence-electron chi connectivity index (χ1n) is 12.0. The average Bonchev–Trinajstić information content (AvgIpc) is 2.73. The van der Waals surface area contributed by atoms with Crippen LogP contribution >= 0.6 is 0 Å². The number of ether oxygens (including phenoxy) is 1. The van der Waals surface area contributed by atoms with Gasteiger partial charge in [-0.25, -0.2) is 0 Å². The molecule has 1 nitrogen and oxygen atoms in total. The van der Waals surface area contributed by atoms with E-state index in [0.717, 1.165) is 12.3 Å². The normalized spacial score (nSPS) is 17.8. The Hall–Kier alpha value is -0.720. The third-order valence-electron chi connectivity index (χ3n) is 4.83. The molecular formula is C27H54O. The summed E-state index contributed by atoms with van der Waals surface area (Å²) in [6.45, 7) is 33.6. The van der Waals surface area contributed by atoms with E-state index < -0.39 is 0 Å². The fourth-order valence-corrected chi connectivity index (χ4v) is 3.64. The number of hydrogen-bond acceptors (Lipinski definition) is 1. The molecule has 0 amide bonds. The van der Waals surface area contributed by atoms with Crippen LogP contribution in [-0.4, -0.2) is 0 Å². The zero-order valence-corrected chi connectivity index (χ0v) is 22.2. The topological polar surface area (TPSA) is 9.23 Å². The van der Waals surface area contributed by atoms with Crippen LogP contribution in [0.3, 0.4) is 0 Å². The zero-order chi connectivity index (χ0) is 22.8. The molecule has 0 spiro atoms. The lowest BCUT2D eigenvalue weighted by atomic mass is 9.75. The molecular weight excluding hydrogens is 340 g/mol.